The molecule has 2 aliphatic heterocycles. The van der Waals surface area contributed by atoms with E-state index in [1.807, 2.05) is 18.2 Å². The maximum absolute atomic E-state index is 10.7. The highest BCUT2D eigenvalue weighted by Gasteiger charge is 2.26. The third-order valence-electron chi connectivity index (χ3n) is 7.60. The van der Waals surface area contributed by atoms with E-state index in [9.17, 15) is 5.11 Å². The number of piperazine rings is 1. The number of benzene rings is 2. The van der Waals surface area contributed by atoms with Gasteiger partial charge >= 0.3 is 0 Å². The minimum atomic E-state index is -0.358. The molecule has 208 valence electrons. The van der Waals surface area contributed by atoms with Crippen molar-refractivity contribution in [3.8, 4) is 11.4 Å². The molecule has 0 spiro atoms. The minimum absolute atomic E-state index is 0.358. The Hall–Kier alpha value is -2.88. The van der Waals surface area contributed by atoms with Gasteiger partial charge < -0.3 is 19.5 Å². The molecule has 2 aromatic carbocycles. The lowest BCUT2D eigenvalue weighted by Crippen LogP contribution is -2.51. The van der Waals surface area contributed by atoms with E-state index in [1.165, 1.54) is 11.1 Å². The van der Waals surface area contributed by atoms with Crippen LogP contribution in [0.5, 0.6) is 0 Å². The maximum Gasteiger partial charge on any atom is 0.161 e. The van der Waals surface area contributed by atoms with Gasteiger partial charge in [-0.3, -0.25) is 9.80 Å². The molecule has 2 aliphatic rings. The molecule has 8 nitrogen and oxygen atoms in total. The van der Waals surface area contributed by atoms with Crippen molar-refractivity contribution < 1.29 is 14.6 Å². The number of anilines is 1. The number of rotatable bonds is 10. The Balaban J connectivity index is 1.36. The molecule has 3 heterocycles. The fourth-order valence-corrected chi connectivity index (χ4v) is 5.42. The molecule has 5 rings (SSSR count). The number of hydrogen-bond acceptors (Lipinski definition) is 8. The molecule has 2 saturated heterocycles. The van der Waals surface area contributed by atoms with Crippen molar-refractivity contribution >= 4 is 5.82 Å². The largest absolute Gasteiger partial charge is 0.390 e. The van der Waals surface area contributed by atoms with Gasteiger partial charge in [0, 0.05) is 77.0 Å². The van der Waals surface area contributed by atoms with Crippen molar-refractivity contribution in [2.24, 2.45) is 0 Å². The van der Waals surface area contributed by atoms with E-state index in [1.54, 1.807) is 7.11 Å². The summed E-state index contributed by atoms with van der Waals surface area (Å²) in [5.74, 6) is 1.72. The lowest BCUT2D eigenvalue weighted by Gasteiger charge is -2.38. The van der Waals surface area contributed by atoms with E-state index in [2.05, 4.69) is 58.0 Å². The van der Waals surface area contributed by atoms with Crippen LogP contribution in [-0.4, -0.2) is 104 Å². The molecule has 0 radical (unpaired) electrons. The van der Waals surface area contributed by atoms with Gasteiger partial charge in [0.05, 0.1) is 31.6 Å². The van der Waals surface area contributed by atoms with Crippen LogP contribution >= 0.6 is 0 Å². The van der Waals surface area contributed by atoms with Crippen LogP contribution in [0.25, 0.3) is 11.4 Å². The standard InChI is InChI=1S/C31H41N5O3/c1-24-8-10-25(11-9-24)20-28-29(23-38-2)32-30(26-6-4-3-5-7-26)33-31(28)36-14-12-34(13-15-36)21-27(37)22-35-16-18-39-19-17-35/h3-11,27,37H,12-23H2,1-2H3/t27-/m1/s1. The SMILES string of the molecule is COCc1nc(-c2ccccc2)nc(N2CCN(C[C@@H](O)CN3CCOCC3)CC2)c1Cc1ccc(C)cc1. The Morgan fingerprint density at radius 3 is 2.21 bits per heavy atom. The number of nitrogens with zero attached hydrogens (tertiary/aromatic N) is 5. The summed E-state index contributed by atoms with van der Waals surface area (Å²) < 4.78 is 11.1. The first kappa shape index (κ1) is 27.7. The van der Waals surface area contributed by atoms with Crippen LogP contribution in [0.15, 0.2) is 54.6 Å². The Kier molecular flexibility index (Phi) is 9.55. The Bertz CT molecular complexity index is 1180. The van der Waals surface area contributed by atoms with Crippen LogP contribution in [0.3, 0.4) is 0 Å². The van der Waals surface area contributed by atoms with Crippen LogP contribution in [0.2, 0.25) is 0 Å². The molecule has 3 aromatic rings. The second kappa shape index (κ2) is 13.5. The highest BCUT2D eigenvalue weighted by Crippen LogP contribution is 2.29. The molecule has 8 heteroatoms. The second-order valence-electron chi connectivity index (χ2n) is 10.6. The summed E-state index contributed by atoms with van der Waals surface area (Å²) in [4.78, 5) is 17.2. The molecule has 1 N–H and O–H groups in total. The average Bonchev–Trinajstić information content (AvgIpc) is 2.96. The van der Waals surface area contributed by atoms with Crippen LogP contribution in [-0.2, 0) is 22.5 Å². The maximum atomic E-state index is 10.7. The van der Waals surface area contributed by atoms with Crippen molar-refractivity contribution in [3.63, 3.8) is 0 Å². The molecular formula is C31H41N5O3. The minimum Gasteiger partial charge on any atom is -0.390 e. The number of ether oxygens (including phenoxy) is 2. The van der Waals surface area contributed by atoms with Gasteiger partial charge in [-0.1, -0.05) is 60.2 Å². The number of hydrogen-bond donors (Lipinski definition) is 1. The predicted molar refractivity (Wildman–Crippen MR) is 154 cm³/mol. The lowest BCUT2D eigenvalue weighted by molar-refractivity contribution is 0.00655. The summed E-state index contributed by atoms with van der Waals surface area (Å²) in [6, 6.07) is 18.9. The molecule has 0 bridgehead atoms. The van der Waals surface area contributed by atoms with Crippen LogP contribution in [0.4, 0.5) is 5.82 Å². The summed E-state index contributed by atoms with van der Waals surface area (Å²) in [5.41, 5.74) is 5.55. The third-order valence-corrected chi connectivity index (χ3v) is 7.60. The van der Waals surface area contributed by atoms with Crippen molar-refractivity contribution in [1.82, 2.24) is 19.8 Å². The fourth-order valence-electron chi connectivity index (χ4n) is 5.42. The van der Waals surface area contributed by atoms with E-state index in [4.69, 9.17) is 19.4 Å². The topological polar surface area (TPSA) is 74.2 Å². The normalized spacial score (nSPS) is 17.9. The van der Waals surface area contributed by atoms with Crippen molar-refractivity contribution in [3.05, 3.63) is 77.0 Å². The molecule has 1 atom stereocenters. The zero-order valence-corrected chi connectivity index (χ0v) is 23.3. The van der Waals surface area contributed by atoms with E-state index in [0.717, 1.165) is 87.4 Å². The smallest absolute Gasteiger partial charge is 0.161 e. The quantitative estimate of drug-likeness (QED) is 0.428. The van der Waals surface area contributed by atoms with Gasteiger partial charge in [0.15, 0.2) is 5.82 Å². The second-order valence-corrected chi connectivity index (χ2v) is 10.6. The zero-order valence-electron chi connectivity index (χ0n) is 23.3. The number of morpholine rings is 1. The monoisotopic (exact) mass is 531 g/mol. The molecule has 0 unspecified atom stereocenters. The predicted octanol–water partition coefficient (Wildman–Crippen LogP) is 3.00. The van der Waals surface area contributed by atoms with E-state index < -0.39 is 0 Å². The van der Waals surface area contributed by atoms with E-state index in [-0.39, 0.29) is 6.10 Å². The fraction of sp³-hybridized carbons (Fsp3) is 0.484. The molecule has 0 aliphatic carbocycles. The van der Waals surface area contributed by atoms with Crippen molar-refractivity contribution in [1.29, 1.82) is 0 Å². The Morgan fingerprint density at radius 2 is 1.54 bits per heavy atom. The highest BCUT2D eigenvalue weighted by molar-refractivity contribution is 5.61. The third kappa shape index (κ3) is 7.41. The van der Waals surface area contributed by atoms with Gasteiger partial charge in [-0.2, -0.15) is 0 Å². The first-order valence-electron chi connectivity index (χ1n) is 14.0. The van der Waals surface area contributed by atoms with Crippen LogP contribution in [0, 0.1) is 6.92 Å². The number of aromatic nitrogens is 2. The van der Waals surface area contributed by atoms with E-state index >= 15 is 0 Å². The Labute approximate surface area is 232 Å². The van der Waals surface area contributed by atoms with Gasteiger partial charge in [0.1, 0.15) is 5.82 Å². The first-order chi connectivity index (χ1) is 19.1. The van der Waals surface area contributed by atoms with Gasteiger partial charge in [-0.15, -0.1) is 0 Å². The molecule has 0 saturated carbocycles. The number of aliphatic hydroxyl groups is 1. The van der Waals surface area contributed by atoms with Gasteiger partial charge in [-0.05, 0) is 12.5 Å². The van der Waals surface area contributed by atoms with Crippen LogP contribution in [0.1, 0.15) is 22.4 Å². The molecule has 0 amide bonds. The number of aryl methyl sites for hydroxylation is 1. The molecular weight excluding hydrogens is 490 g/mol. The summed E-state index contributed by atoms with van der Waals surface area (Å²) in [5, 5.41) is 10.7. The van der Waals surface area contributed by atoms with Gasteiger partial charge in [-0.25, -0.2) is 9.97 Å². The molecule has 1 aromatic heterocycles. The zero-order chi connectivity index (χ0) is 27.0. The number of aliphatic hydroxyl groups excluding tert-OH is 1. The Morgan fingerprint density at radius 1 is 0.872 bits per heavy atom. The number of methoxy groups -OCH3 is 1. The van der Waals surface area contributed by atoms with Crippen molar-refractivity contribution in [2.45, 2.75) is 26.1 Å². The average molecular weight is 532 g/mol. The van der Waals surface area contributed by atoms with Gasteiger partial charge in [0.2, 0.25) is 0 Å². The van der Waals surface area contributed by atoms with Crippen molar-refractivity contribution in [2.75, 3.05) is 77.6 Å². The summed E-state index contributed by atoms with van der Waals surface area (Å²) in [7, 11) is 1.72. The molecule has 2 fully saturated rings. The summed E-state index contributed by atoms with van der Waals surface area (Å²) in [6.45, 7) is 10.7. The summed E-state index contributed by atoms with van der Waals surface area (Å²) >= 11 is 0. The number of β-amino-alcohol motifs (C(OH)–C–C–N with tert-alkyl or cyclic N) is 1. The van der Waals surface area contributed by atoms with Gasteiger partial charge in [0.25, 0.3) is 0 Å². The van der Waals surface area contributed by atoms with Crippen LogP contribution < -0.4 is 4.90 Å². The summed E-state index contributed by atoms with van der Waals surface area (Å²) in [6.07, 6.45) is 0.394. The van der Waals surface area contributed by atoms with E-state index in [0.29, 0.717) is 19.7 Å². The lowest BCUT2D eigenvalue weighted by atomic mass is 10.0. The molecule has 39 heavy (non-hydrogen) atoms. The first-order valence-corrected chi connectivity index (χ1v) is 14.0. The highest BCUT2D eigenvalue weighted by atomic mass is 16.5.